The third-order valence-corrected chi connectivity index (χ3v) is 4.48. The third kappa shape index (κ3) is 4.52. The maximum Gasteiger partial charge on any atom is 0.289 e. The molecule has 3 rings (SSSR count). The number of halogens is 2. The molecule has 0 aliphatic heterocycles. The molecule has 0 aliphatic carbocycles. The number of aromatic nitrogens is 2. The second kappa shape index (κ2) is 8.91. The molecule has 2 aromatic carbocycles. The molecule has 0 radical (unpaired) electrons. The predicted octanol–water partition coefficient (Wildman–Crippen LogP) is 4.94. The van der Waals surface area contributed by atoms with Crippen LogP contribution in [0.4, 0.5) is 0 Å². The number of rotatable bonds is 6. The lowest BCUT2D eigenvalue weighted by atomic mass is 10.1. The van der Waals surface area contributed by atoms with E-state index in [0.29, 0.717) is 39.4 Å². The number of nitrogens with zero attached hydrogens (tertiary/aromatic N) is 2. The Kier molecular flexibility index (Phi) is 6.34. The number of carbonyl (C=O) groups excluding carboxylic acids is 1. The van der Waals surface area contributed by atoms with E-state index in [1.807, 2.05) is 31.2 Å². The standard InChI is InChI=1S/C20H18Cl2N4O2/c1-3-28-19-7-5-4-6-15(19)17-11-18(25-24-17)20(27)26-23-12(2)14-9-8-13(21)10-16(14)22/h4-11H,3H2,1-2H3,(H,24,25)(H,26,27)/b23-12+. The van der Waals surface area contributed by atoms with Crippen LogP contribution < -0.4 is 10.2 Å². The third-order valence-electron chi connectivity index (χ3n) is 3.93. The number of ether oxygens (including phenoxy) is 1. The molecule has 6 nitrogen and oxygen atoms in total. The summed E-state index contributed by atoms with van der Waals surface area (Å²) in [7, 11) is 0. The van der Waals surface area contributed by atoms with Gasteiger partial charge in [0.1, 0.15) is 11.4 Å². The Bertz CT molecular complexity index is 1030. The summed E-state index contributed by atoms with van der Waals surface area (Å²) < 4.78 is 5.61. The number of carbonyl (C=O) groups is 1. The first-order valence-electron chi connectivity index (χ1n) is 8.57. The lowest BCUT2D eigenvalue weighted by Crippen LogP contribution is -2.19. The summed E-state index contributed by atoms with van der Waals surface area (Å²) in [4.78, 5) is 12.4. The van der Waals surface area contributed by atoms with E-state index in [1.165, 1.54) is 0 Å². The predicted molar refractivity (Wildman–Crippen MR) is 111 cm³/mol. The second-order valence-corrected chi connectivity index (χ2v) is 6.70. The fourth-order valence-corrected chi connectivity index (χ4v) is 3.12. The zero-order valence-corrected chi connectivity index (χ0v) is 16.8. The molecule has 0 fully saturated rings. The zero-order chi connectivity index (χ0) is 20.1. The van der Waals surface area contributed by atoms with Crippen LogP contribution in [-0.2, 0) is 0 Å². The first-order chi connectivity index (χ1) is 13.5. The fourth-order valence-electron chi connectivity index (χ4n) is 2.57. The van der Waals surface area contributed by atoms with E-state index in [9.17, 15) is 4.79 Å². The van der Waals surface area contributed by atoms with Gasteiger partial charge < -0.3 is 4.74 Å². The molecule has 0 bridgehead atoms. The highest BCUT2D eigenvalue weighted by atomic mass is 35.5. The van der Waals surface area contributed by atoms with Crippen LogP contribution in [0.5, 0.6) is 5.75 Å². The summed E-state index contributed by atoms with van der Waals surface area (Å²) in [6.07, 6.45) is 0. The lowest BCUT2D eigenvalue weighted by Gasteiger charge is -2.07. The number of hydrogen-bond donors (Lipinski definition) is 2. The van der Waals surface area contributed by atoms with Crippen molar-refractivity contribution >= 4 is 34.8 Å². The highest BCUT2D eigenvalue weighted by molar-refractivity contribution is 6.37. The minimum Gasteiger partial charge on any atom is -0.493 e. The number of H-pyrrole nitrogens is 1. The van der Waals surface area contributed by atoms with Crippen LogP contribution in [0, 0.1) is 0 Å². The summed E-state index contributed by atoms with van der Waals surface area (Å²) in [6.45, 7) is 4.19. The summed E-state index contributed by atoms with van der Waals surface area (Å²) in [5, 5.41) is 12.0. The van der Waals surface area contributed by atoms with Gasteiger partial charge in [0.15, 0.2) is 0 Å². The van der Waals surface area contributed by atoms with E-state index in [-0.39, 0.29) is 5.69 Å². The van der Waals surface area contributed by atoms with E-state index >= 15 is 0 Å². The summed E-state index contributed by atoms with van der Waals surface area (Å²) in [6, 6.07) is 14.2. The molecule has 8 heteroatoms. The average molecular weight is 417 g/mol. The Morgan fingerprint density at radius 2 is 2.00 bits per heavy atom. The van der Waals surface area contributed by atoms with Gasteiger partial charge in [0.25, 0.3) is 5.91 Å². The minimum atomic E-state index is -0.419. The molecule has 28 heavy (non-hydrogen) atoms. The monoisotopic (exact) mass is 416 g/mol. The highest BCUT2D eigenvalue weighted by Gasteiger charge is 2.14. The Morgan fingerprint density at radius 3 is 2.75 bits per heavy atom. The van der Waals surface area contributed by atoms with Crippen LogP contribution in [0.2, 0.25) is 10.0 Å². The smallest absolute Gasteiger partial charge is 0.289 e. The van der Waals surface area contributed by atoms with Gasteiger partial charge in [-0.1, -0.05) is 41.4 Å². The van der Waals surface area contributed by atoms with E-state index in [4.69, 9.17) is 27.9 Å². The Morgan fingerprint density at radius 1 is 1.21 bits per heavy atom. The molecule has 0 aliphatic rings. The van der Waals surface area contributed by atoms with Crippen molar-refractivity contribution in [1.82, 2.24) is 15.6 Å². The molecule has 1 amide bonds. The Balaban J connectivity index is 1.76. The number of benzene rings is 2. The molecule has 1 heterocycles. The van der Waals surface area contributed by atoms with Crippen LogP contribution in [0.1, 0.15) is 29.9 Å². The van der Waals surface area contributed by atoms with Crippen molar-refractivity contribution < 1.29 is 9.53 Å². The quantitative estimate of drug-likeness (QED) is 0.441. The van der Waals surface area contributed by atoms with Gasteiger partial charge >= 0.3 is 0 Å². The van der Waals surface area contributed by atoms with Crippen LogP contribution >= 0.6 is 23.2 Å². The van der Waals surface area contributed by atoms with Gasteiger partial charge in [0, 0.05) is 16.1 Å². The van der Waals surface area contributed by atoms with Gasteiger partial charge in [0.2, 0.25) is 0 Å². The van der Waals surface area contributed by atoms with Crippen LogP contribution in [-0.4, -0.2) is 28.4 Å². The molecule has 2 N–H and O–H groups in total. The van der Waals surface area contributed by atoms with E-state index in [0.717, 1.165) is 5.56 Å². The van der Waals surface area contributed by atoms with Crippen molar-refractivity contribution in [3.8, 4) is 17.0 Å². The number of hydrazone groups is 1. The number of nitrogens with one attached hydrogen (secondary N) is 2. The van der Waals surface area contributed by atoms with E-state index < -0.39 is 5.91 Å². The van der Waals surface area contributed by atoms with E-state index in [1.54, 1.807) is 31.2 Å². The van der Waals surface area contributed by atoms with Crippen LogP contribution in [0.15, 0.2) is 53.6 Å². The zero-order valence-electron chi connectivity index (χ0n) is 15.3. The van der Waals surface area contributed by atoms with Crippen LogP contribution in [0.3, 0.4) is 0 Å². The van der Waals surface area contributed by atoms with Gasteiger partial charge in [-0.15, -0.1) is 0 Å². The van der Waals surface area contributed by atoms with Crippen molar-refractivity contribution in [2.75, 3.05) is 6.61 Å². The van der Waals surface area contributed by atoms with Crippen LogP contribution in [0.25, 0.3) is 11.3 Å². The molecule has 3 aromatic rings. The summed E-state index contributed by atoms with van der Waals surface area (Å²) >= 11 is 12.1. The SMILES string of the molecule is CCOc1ccccc1-c1cc(C(=O)N/N=C(\C)c2ccc(Cl)cc2Cl)[nH]n1. The molecule has 0 unspecified atom stereocenters. The molecule has 1 aromatic heterocycles. The number of para-hydroxylation sites is 1. The van der Waals surface area contributed by atoms with Gasteiger partial charge in [-0.25, -0.2) is 5.43 Å². The maximum atomic E-state index is 12.4. The second-order valence-electron chi connectivity index (χ2n) is 5.86. The van der Waals surface area contributed by atoms with Crippen molar-refractivity contribution in [3.63, 3.8) is 0 Å². The van der Waals surface area contributed by atoms with Crippen molar-refractivity contribution in [2.24, 2.45) is 5.10 Å². The van der Waals surface area contributed by atoms with Crippen molar-refractivity contribution in [2.45, 2.75) is 13.8 Å². The molecular formula is C20H18Cl2N4O2. The summed E-state index contributed by atoms with van der Waals surface area (Å²) in [5.74, 6) is 0.284. The highest BCUT2D eigenvalue weighted by Crippen LogP contribution is 2.28. The Labute approximate surface area is 172 Å². The summed E-state index contributed by atoms with van der Waals surface area (Å²) in [5.41, 5.74) is 5.42. The molecule has 0 saturated carbocycles. The van der Waals surface area contributed by atoms with Gasteiger partial charge in [0.05, 0.1) is 23.0 Å². The number of aromatic amines is 1. The van der Waals surface area contributed by atoms with Gasteiger partial charge in [-0.05, 0) is 44.2 Å². The van der Waals surface area contributed by atoms with Crippen molar-refractivity contribution in [3.05, 3.63) is 69.8 Å². The molecule has 144 valence electrons. The number of amides is 1. The topological polar surface area (TPSA) is 79.4 Å². The maximum absolute atomic E-state index is 12.4. The van der Waals surface area contributed by atoms with Crippen molar-refractivity contribution in [1.29, 1.82) is 0 Å². The average Bonchev–Trinajstić information content (AvgIpc) is 3.16. The lowest BCUT2D eigenvalue weighted by molar-refractivity contribution is 0.0950. The minimum absolute atomic E-state index is 0.278. The normalized spacial score (nSPS) is 11.4. The molecule has 0 saturated heterocycles. The molecule has 0 atom stereocenters. The first kappa shape index (κ1) is 19.9. The largest absolute Gasteiger partial charge is 0.493 e. The Hall–Kier alpha value is -2.83. The molecule has 0 spiro atoms. The van der Waals surface area contributed by atoms with Gasteiger partial charge in [-0.3, -0.25) is 9.89 Å². The molecular weight excluding hydrogens is 399 g/mol. The van der Waals surface area contributed by atoms with Gasteiger partial charge in [-0.2, -0.15) is 10.2 Å². The fraction of sp³-hybridized carbons (Fsp3) is 0.150. The van der Waals surface area contributed by atoms with E-state index in [2.05, 4.69) is 20.7 Å². The number of hydrogen-bond acceptors (Lipinski definition) is 4. The first-order valence-corrected chi connectivity index (χ1v) is 9.33.